The second-order valence-electron chi connectivity index (χ2n) is 8.11. The van der Waals surface area contributed by atoms with Crippen molar-refractivity contribution in [2.24, 2.45) is 0 Å². The number of carbonyl (C=O) groups is 3. The summed E-state index contributed by atoms with van der Waals surface area (Å²) in [7, 11) is 0. The number of hydrogen-bond acceptors (Lipinski definition) is 5. The summed E-state index contributed by atoms with van der Waals surface area (Å²) in [5.74, 6) is -1.81. The smallest absolute Gasteiger partial charge is 0.407 e. The molecule has 1 aliphatic rings. The second-order valence-corrected chi connectivity index (χ2v) is 9.09. The molecular weight excluding hydrogens is 452 g/mol. The standard InChI is InChI=1S/C26H26N2O5S/c1-2-8-21(24(29)28-23(25(30)31)22-13-7-14-34-22)27-26(32)33-15-20-18-11-5-3-9-16(18)17-10-4-6-12-19(17)20/h3-7,9-14,20-21,23H,2,8,15H2,1H3,(H,27,32)(H,28,29)(H,30,31). The molecule has 3 N–H and O–H groups in total. The second kappa shape index (κ2) is 10.5. The quantitative estimate of drug-likeness (QED) is 0.414. The average Bonchev–Trinajstić information content (AvgIpc) is 3.47. The number of fused-ring (bicyclic) bond motifs is 3. The van der Waals surface area contributed by atoms with Crippen molar-refractivity contribution in [1.29, 1.82) is 0 Å². The van der Waals surface area contributed by atoms with Crippen molar-refractivity contribution in [1.82, 2.24) is 10.6 Å². The molecule has 0 spiro atoms. The highest BCUT2D eigenvalue weighted by Crippen LogP contribution is 2.44. The highest BCUT2D eigenvalue weighted by molar-refractivity contribution is 7.10. The number of carboxylic acids is 1. The third-order valence-corrected chi connectivity index (χ3v) is 6.83. The van der Waals surface area contributed by atoms with E-state index in [9.17, 15) is 19.5 Å². The molecule has 8 heteroatoms. The first-order chi connectivity index (χ1) is 16.5. The maximum atomic E-state index is 12.8. The zero-order valence-electron chi connectivity index (χ0n) is 18.7. The van der Waals surface area contributed by atoms with Crippen LogP contribution in [0.4, 0.5) is 4.79 Å². The van der Waals surface area contributed by atoms with Crippen LogP contribution in [-0.2, 0) is 14.3 Å². The first-order valence-corrected chi connectivity index (χ1v) is 12.1. The van der Waals surface area contributed by atoms with Gasteiger partial charge in [0, 0.05) is 10.8 Å². The van der Waals surface area contributed by atoms with E-state index in [0.717, 1.165) is 22.3 Å². The van der Waals surface area contributed by atoms with E-state index in [0.29, 0.717) is 17.7 Å². The van der Waals surface area contributed by atoms with Crippen LogP contribution >= 0.6 is 11.3 Å². The SMILES string of the molecule is CCCC(NC(=O)OCC1c2ccccc2-c2ccccc21)C(=O)NC(C(=O)O)c1cccs1. The van der Waals surface area contributed by atoms with Crippen molar-refractivity contribution in [3.63, 3.8) is 0 Å². The lowest BCUT2D eigenvalue weighted by Gasteiger charge is -2.21. The number of thiophene rings is 1. The van der Waals surface area contributed by atoms with E-state index in [-0.39, 0.29) is 12.5 Å². The van der Waals surface area contributed by atoms with Gasteiger partial charge in [-0.05, 0) is 40.1 Å². The van der Waals surface area contributed by atoms with Gasteiger partial charge in [-0.1, -0.05) is 67.9 Å². The minimum absolute atomic E-state index is 0.0909. The van der Waals surface area contributed by atoms with Crippen molar-refractivity contribution >= 4 is 29.3 Å². The molecule has 2 atom stereocenters. The number of carbonyl (C=O) groups excluding carboxylic acids is 2. The van der Waals surface area contributed by atoms with E-state index in [1.165, 1.54) is 11.3 Å². The van der Waals surface area contributed by atoms with Gasteiger partial charge in [-0.25, -0.2) is 9.59 Å². The highest BCUT2D eigenvalue weighted by Gasteiger charge is 2.31. The van der Waals surface area contributed by atoms with Crippen LogP contribution in [0.1, 0.15) is 47.7 Å². The summed E-state index contributed by atoms with van der Waals surface area (Å²) in [6.45, 7) is 2.01. The molecule has 0 saturated heterocycles. The Morgan fingerprint density at radius 1 is 0.971 bits per heavy atom. The molecule has 34 heavy (non-hydrogen) atoms. The van der Waals surface area contributed by atoms with Crippen molar-refractivity contribution < 1.29 is 24.2 Å². The van der Waals surface area contributed by atoms with Crippen LogP contribution in [-0.4, -0.2) is 35.7 Å². The lowest BCUT2D eigenvalue weighted by Crippen LogP contribution is -2.49. The third kappa shape index (κ3) is 4.97. The van der Waals surface area contributed by atoms with E-state index in [4.69, 9.17) is 4.74 Å². The lowest BCUT2D eigenvalue weighted by molar-refractivity contribution is -0.142. The fraction of sp³-hybridized carbons (Fsp3) is 0.269. The zero-order chi connectivity index (χ0) is 24.1. The molecule has 2 aromatic carbocycles. The predicted molar refractivity (Wildman–Crippen MR) is 130 cm³/mol. The van der Waals surface area contributed by atoms with Gasteiger partial charge in [-0.2, -0.15) is 0 Å². The number of aliphatic carboxylic acids is 1. The minimum atomic E-state index is -1.17. The van der Waals surface area contributed by atoms with E-state index in [1.807, 2.05) is 43.3 Å². The maximum Gasteiger partial charge on any atom is 0.407 e. The monoisotopic (exact) mass is 478 g/mol. The molecule has 1 aliphatic carbocycles. The van der Waals surface area contributed by atoms with Crippen LogP contribution < -0.4 is 10.6 Å². The summed E-state index contributed by atoms with van der Waals surface area (Å²) < 4.78 is 5.55. The van der Waals surface area contributed by atoms with Gasteiger partial charge in [0.2, 0.25) is 5.91 Å². The highest BCUT2D eigenvalue weighted by atomic mass is 32.1. The molecule has 0 bridgehead atoms. The fourth-order valence-electron chi connectivity index (χ4n) is 4.29. The van der Waals surface area contributed by atoms with E-state index in [1.54, 1.807) is 17.5 Å². The molecule has 7 nitrogen and oxygen atoms in total. The number of hydrogen-bond donors (Lipinski definition) is 3. The van der Waals surface area contributed by atoms with Crippen LogP contribution in [0, 0.1) is 0 Å². The van der Waals surface area contributed by atoms with Gasteiger partial charge >= 0.3 is 12.1 Å². The molecule has 176 valence electrons. The first-order valence-electron chi connectivity index (χ1n) is 11.2. The number of benzene rings is 2. The summed E-state index contributed by atoms with van der Waals surface area (Å²) in [5, 5.41) is 16.4. The largest absolute Gasteiger partial charge is 0.479 e. The van der Waals surface area contributed by atoms with E-state index in [2.05, 4.69) is 22.8 Å². The summed E-state index contributed by atoms with van der Waals surface area (Å²) in [4.78, 5) is 37.6. The predicted octanol–water partition coefficient (Wildman–Crippen LogP) is 4.70. The Morgan fingerprint density at radius 3 is 2.18 bits per heavy atom. The van der Waals surface area contributed by atoms with Crippen LogP contribution in [0.3, 0.4) is 0 Å². The number of amides is 2. The van der Waals surface area contributed by atoms with Gasteiger partial charge in [0.05, 0.1) is 0 Å². The van der Waals surface area contributed by atoms with E-state index < -0.39 is 30.1 Å². The lowest BCUT2D eigenvalue weighted by atomic mass is 9.98. The molecule has 2 amide bonds. The molecule has 3 aromatic rings. The zero-order valence-corrected chi connectivity index (χ0v) is 19.5. The van der Waals surface area contributed by atoms with E-state index >= 15 is 0 Å². The molecule has 0 radical (unpaired) electrons. The molecule has 0 aliphatic heterocycles. The van der Waals surface area contributed by atoms with Crippen LogP contribution in [0.15, 0.2) is 66.0 Å². The van der Waals surface area contributed by atoms with Gasteiger partial charge in [0.1, 0.15) is 12.6 Å². The Balaban J connectivity index is 1.41. The maximum absolute atomic E-state index is 12.8. The van der Waals surface area contributed by atoms with Crippen molar-refractivity contribution in [2.45, 2.75) is 37.8 Å². The molecule has 0 saturated carbocycles. The Morgan fingerprint density at radius 2 is 1.62 bits per heavy atom. The Bertz CT molecular complexity index is 1130. The number of alkyl carbamates (subject to hydrolysis) is 1. The van der Waals surface area contributed by atoms with Gasteiger partial charge < -0.3 is 20.5 Å². The fourth-order valence-corrected chi connectivity index (χ4v) is 5.06. The summed E-state index contributed by atoms with van der Waals surface area (Å²) in [6.07, 6.45) is 0.268. The van der Waals surface area contributed by atoms with Gasteiger partial charge in [0.25, 0.3) is 0 Å². The molecule has 1 aromatic heterocycles. The molecule has 1 heterocycles. The molecule has 0 fully saturated rings. The van der Waals surface area contributed by atoms with Gasteiger partial charge in [0.15, 0.2) is 6.04 Å². The summed E-state index contributed by atoms with van der Waals surface area (Å²) in [6, 6.07) is 17.4. The number of rotatable bonds is 9. The van der Waals surface area contributed by atoms with Gasteiger partial charge in [-0.15, -0.1) is 11.3 Å². The van der Waals surface area contributed by atoms with Gasteiger partial charge in [-0.3, -0.25) is 4.79 Å². The Kier molecular flexibility index (Phi) is 7.27. The normalized spacial score (nSPS) is 13.9. The van der Waals surface area contributed by atoms with Crippen molar-refractivity contribution in [3.8, 4) is 11.1 Å². The third-order valence-electron chi connectivity index (χ3n) is 5.89. The number of nitrogens with one attached hydrogen (secondary N) is 2. The molecule has 4 rings (SSSR count). The Hall–Kier alpha value is -3.65. The first kappa shape index (κ1) is 23.5. The van der Waals surface area contributed by atoms with Crippen LogP contribution in [0.2, 0.25) is 0 Å². The van der Waals surface area contributed by atoms with Crippen molar-refractivity contribution in [2.75, 3.05) is 6.61 Å². The Labute approximate surface area is 201 Å². The topological polar surface area (TPSA) is 105 Å². The number of ether oxygens (including phenoxy) is 1. The van der Waals surface area contributed by atoms with Crippen molar-refractivity contribution in [3.05, 3.63) is 82.0 Å². The number of carboxylic acid groups (broad SMARTS) is 1. The molecular formula is C26H26N2O5S. The van der Waals surface area contributed by atoms with Crippen LogP contribution in [0.5, 0.6) is 0 Å². The molecule has 2 unspecified atom stereocenters. The average molecular weight is 479 g/mol. The van der Waals surface area contributed by atoms with Crippen LogP contribution in [0.25, 0.3) is 11.1 Å². The minimum Gasteiger partial charge on any atom is -0.479 e. The summed E-state index contributed by atoms with van der Waals surface area (Å²) >= 11 is 1.24. The summed E-state index contributed by atoms with van der Waals surface area (Å²) in [5.41, 5.74) is 4.45.